The van der Waals surface area contributed by atoms with E-state index in [1.54, 1.807) is 12.4 Å². The highest BCUT2D eigenvalue weighted by Crippen LogP contribution is 2.52. The topological polar surface area (TPSA) is 163 Å². The van der Waals surface area contributed by atoms with Crippen molar-refractivity contribution < 1.29 is 34.4 Å². The normalized spacial score (nSPS) is 18.9. The molecule has 10 aromatic heterocycles. The Hall–Kier alpha value is -13.5. The number of nitrogens with zero attached hydrogens (tertiary/aromatic N) is 15. The highest BCUT2D eigenvalue weighted by Gasteiger charge is 2.39. The summed E-state index contributed by atoms with van der Waals surface area (Å²) in [5.74, 6) is 0. The van der Waals surface area contributed by atoms with Gasteiger partial charge in [-0.05, 0) is 258 Å². The minimum atomic E-state index is -2.25. The monoisotopic (exact) mass is 1660 g/mol. The van der Waals surface area contributed by atoms with Gasteiger partial charge in [0.15, 0.2) is 27.9 Å². The third kappa shape index (κ3) is 13.8. The summed E-state index contributed by atoms with van der Waals surface area (Å²) in [4.78, 5) is 42.5. The van der Waals surface area contributed by atoms with Crippen LogP contribution in [-0.2, 0) is 0 Å². The van der Waals surface area contributed by atoms with Crippen LogP contribution in [0.15, 0.2) is 229 Å². The summed E-state index contributed by atoms with van der Waals surface area (Å²) in [6.45, 7) is 37.3. The predicted octanol–water partition coefficient (Wildman–Crippen LogP) is 25.9. The van der Waals surface area contributed by atoms with Crippen LogP contribution >= 0.6 is 0 Å². The molecule has 0 radical (unpaired) electrons. The second kappa shape index (κ2) is 31.8. The summed E-state index contributed by atoms with van der Waals surface area (Å²) in [6.07, 6.45) is 10.8. The molecule has 0 aliphatic carbocycles. The van der Waals surface area contributed by atoms with Crippen molar-refractivity contribution in [2.24, 2.45) is 0 Å². The molecule has 17 aromatic rings. The number of hydrogen-bond acceptors (Lipinski definition) is 20. The van der Waals surface area contributed by atoms with Gasteiger partial charge in [0.1, 0.15) is 30.8 Å². The number of aromatic nitrogens is 5. The molecule has 0 bridgehead atoms. The maximum Gasteiger partial charge on any atom is 0.227 e. The van der Waals surface area contributed by atoms with Crippen molar-refractivity contribution in [2.45, 2.75) is 194 Å². The van der Waals surface area contributed by atoms with E-state index in [-0.39, 0.29) is 24.7 Å². The lowest BCUT2D eigenvalue weighted by Gasteiger charge is -2.33. The average molecular weight is 1660 g/mol. The van der Waals surface area contributed by atoms with Crippen molar-refractivity contribution in [3.63, 3.8) is 0 Å². The fraction of sp³-hybridized carbons (Fsp3) is 0.298. The van der Waals surface area contributed by atoms with E-state index in [2.05, 4.69) is 170 Å². The first-order chi connectivity index (χ1) is 62.8. The molecule has 0 saturated heterocycles. The summed E-state index contributed by atoms with van der Waals surface area (Å²) >= 11 is 0. The molecule has 20 heteroatoms. The van der Waals surface area contributed by atoms with Crippen LogP contribution in [0.2, 0.25) is 0 Å². The zero-order chi connectivity index (χ0) is 94.8. The van der Waals surface area contributed by atoms with Crippen molar-refractivity contribution in [1.29, 1.82) is 0 Å². The SMILES string of the molecule is [2H]C(C)(C)N1C=CN(c2c(C)ccc3c2oc2nc(C)ccc23)[C@H]1C.[2H]C(C)(C)N1C=CN(c2c(C)ccc3c2oc2nc(C)ccc23)[C@H]1C.[2H]C(C)(C)N1c2ccccc2N(c2c(C)ccc3c2oc2nc(C)ccc23)[C@H]1C.[2H]C([2H])([2H])N1C=CN(c2c(C)ccc3c2oc2nc(C)ccc23)[C@H]1C.[2H]C([2H])([2H])N1c2ccccc2N(c2c(C)ccc3c2oc2nc(C)ccc23)[C@H]1C. The Morgan fingerprint density at radius 1 is 0.282 bits per heavy atom. The Balaban J connectivity index is 0.000000112. The Labute approximate surface area is 737 Å². The second-order valence-corrected chi connectivity index (χ2v) is 33.9. The van der Waals surface area contributed by atoms with Gasteiger partial charge in [-0.15, -0.1) is 0 Å². The van der Waals surface area contributed by atoms with Crippen LogP contribution in [0.25, 0.3) is 110 Å². The van der Waals surface area contributed by atoms with Gasteiger partial charge in [0.05, 0.1) is 55.3 Å². The molecule has 0 N–H and O–H groups in total. The van der Waals surface area contributed by atoms with Crippen molar-refractivity contribution in [3.05, 3.63) is 263 Å². The molecule has 5 aliphatic heterocycles. The Bertz CT molecular complexity index is 6990. The predicted molar refractivity (Wildman–Crippen MR) is 512 cm³/mol. The first kappa shape index (κ1) is 71.1. The highest BCUT2D eigenvalue weighted by atomic mass is 16.4. The van der Waals surface area contributed by atoms with E-state index in [0.717, 1.165) is 184 Å². The number of fused-ring (bicyclic) bond motifs is 17. The van der Waals surface area contributed by atoms with E-state index in [4.69, 9.17) is 34.4 Å². The molecule has 0 fully saturated rings. The zero-order valence-corrected chi connectivity index (χ0v) is 74.3. The smallest absolute Gasteiger partial charge is 0.227 e. The summed E-state index contributed by atoms with van der Waals surface area (Å²) < 4.78 is 104. The van der Waals surface area contributed by atoms with E-state index >= 15 is 0 Å². The molecule has 0 spiro atoms. The fourth-order valence-corrected chi connectivity index (χ4v) is 18.5. The van der Waals surface area contributed by atoms with Crippen molar-refractivity contribution in [1.82, 2.24) is 39.6 Å². The lowest BCUT2D eigenvalue weighted by Crippen LogP contribution is -2.42. The second-order valence-electron chi connectivity index (χ2n) is 33.9. The quantitative estimate of drug-likeness (QED) is 0.141. The molecule has 0 unspecified atom stereocenters. The van der Waals surface area contributed by atoms with Gasteiger partial charge >= 0.3 is 0 Å². The molecule has 20 nitrogen and oxygen atoms in total. The Morgan fingerprint density at radius 2 is 0.565 bits per heavy atom. The first-order valence-electron chi connectivity index (χ1n) is 46.9. The standard InChI is InChI=1S/C24H25N3O.C22H21N3O.2C20H23N3O.C18H19N3O/c1-14(2)26-17(5)27(21-9-7-6-8-20(21)26)22-15(3)10-12-18-19-13-11-16(4)25-24(19)28-23(18)22;1-13-9-11-16-17-12-10-14(2)23-22(17)26-21(16)20(13)25-15(3)24(4)18-7-5-6-8-19(18)25;2*1-12(2)22-10-11-23(15(22)5)18-13(3)6-8-16-17-9-7-14(4)21-20(17)24-19(16)18;1-11-5-7-14-15-8-6-12(2)19-18(15)22-17(14)16(11)21-10-9-20(4)13(21)3/h6-14,17H,1-5H3;5-12,15H,1-4H3;2*6-12,15H,1-5H3;5-10,13H,1-4H3/t17-;3*15-;13-/m00000/s1/i14D;4D3;2*12D;4D3. The molecular formula is C104H111N15O5. The number of rotatable bonds is 8. The first-order valence-corrected chi connectivity index (χ1v) is 42.4. The lowest BCUT2D eigenvalue weighted by atomic mass is 10.1. The minimum Gasteiger partial charge on any atom is -0.435 e. The van der Waals surface area contributed by atoms with Crippen molar-refractivity contribution in [2.75, 3.05) is 48.3 Å². The van der Waals surface area contributed by atoms with Crippen LogP contribution in [0.3, 0.4) is 0 Å². The van der Waals surface area contributed by atoms with Gasteiger partial charge in [-0.25, -0.2) is 24.9 Å². The van der Waals surface area contributed by atoms with E-state index < -0.39 is 38.2 Å². The van der Waals surface area contributed by atoms with E-state index in [9.17, 15) is 0 Å². The van der Waals surface area contributed by atoms with E-state index in [0.29, 0.717) is 34.3 Å². The van der Waals surface area contributed by atoms with Crippen LogP contribution in [0.4, 0.5) is 51.2 Å². The lowest BCUT2D eigenvalue weighted by molar-refractivity contribution is 0.263. The molecule has 5 atom stereocenters. The molecule has 5 aliphatic rings. The summed E-state index contributed by atoms with van der Waals surface area (Å²) in [7, 11) is 0. The minimum absolute atomic E-state index is 0.0212. The van der Waals surface area contributed by atoms with E-state index in [1.165, 1.54) is 9.80 Å². The van der Waals surface area contributed by atoms with Gasteiger partial charge in [-0.1, -0.05) is 84.9 Å². The number of aryl methyl sites for hydroxylation is 10. The van der Waals surface area contributed by atoms with Gasteiger partial charge in [0, 0.05) is 160 Å². The molecular weight excluding hydrogens is 1540 g/mol. The van der Waals surface area contributed by atoms with Crippen molar-refractivity contribution in [3.8, 4) is 0 Å². The molecule has 7 aromatic carbocycles. The van der Waals surface area contributed by atoms with Crippen LogP contribution in [0.1, 0.15) is 145 Å². The van der Waals surface area contributed by atoms with Crippen LogP contribution in [0, 0.1) is 69.2 Å². The maximum atomic E-state index is 8.74. The van der Waals surface area contributed by atoms with Gasteiger partial charge < -0.3 is 71.1 Å². The average Bonchev–Trinajstić information content (AvgIpc) is 1.61. The number of pyridine rings is 5. The third-order valence-electron chi connectivity index (χ3n) is 24.8. The molecule has 22 rings (SSSR count). The highest BCUT2D eigenvalue weighted by molar-refractivity contribution is 6.14. The summed E-state index contributed by atoms with van der Waals surface area (Å²) in [5, 5.41) is 10.2. The van der Waals surface area contributed by atoms with Crippen LogP contribution in [0.5, 0.6) is 0 Å². The number of furan rings is 5. The van der Waals surface area contributed by atoms with Gasteiger partial charge in [0.2, 0.25) is 28.6 Å². The summed E-state index contributed by atoms with van der Waals surface area (Å²) in [5.41, 5.74) is 25.9. The van der Waals surface area contributed by atoms with Gasteiger partial charge in [-0.2, -0.15) is 0 Å². The largest absolute Gasteiger partial charge is 0.435 e. The number of benzene rings is 7. The number of hydrogen-bond donors (Lipinski definition) is 0. The summed E-state index contributed by atoms with van der Waals surface area (Å²) in [6, 6.07) is 55.0. The Kier molecular flexibility index (Phi) is 18.2. The van der Waals surface area contributed by atoms with Crippen molar-refractivity contribution >= 4 is 162 Å². The van der Waals surface area contributed by atoms with Gasteiger partial charge in [0.25, 0.3) is 0 Å². The molecule has 15 heterocycles. The third-order valence-corrected chi connectivity index (χ3v) is 24.8. The number of para-hydroxylation sites is 4. The Morgan fingerprint density at radius 3 is 0.871 bits per heavy atom. The molecule has 124 heavy (non-hydrogen) atoms. The van der Waals surface area contributed by atoms with E-state index in [1.807, 2.05) is 234 Å². The van der Waals surface area contributed by atoms with Crippen LogP contribution < -0.4 is 34.3 Å². The molecule has 632 valence electrons. The van der Waals surface area contributed by atoms with Gasteiger partial charge in [-0.3, -0.25) is 0 Å². The fourth-order valence-electron chi connectivity index (χ4n) is 18.5. The molecule has 0 saturated carbocycles. The maximum absolute atomic E-state index is 8.74. The number of anilines is 9. The molecule has 0 amide bonds. The van der Waals surface area contributed by atoms with Crippen LogP contribution in [-0.4, -0.2) is 102 Å². The zero-order valence-electron chi connectivity index (χ0n) is 83.3.